The molecule has 1 aromatic heterocycles. The van der Waals surface area contributed by atoms with Crippen LogP contribution < -0.4 is 5.32 Å². The van der Waals surface area contributed by atoms with E-state index < -0.39 is 0 Å². The number of halogens is 1. The Morgan fingerprint density at radius 1 is 1.80 bits per heavy atom. The molecule has 5 heteroatoms. The maximum absolute atomic E-state index is 9.94. The Morgan fingerprint density at radius 3 is 2.90 bits per heavy atom. The van der Waals surface area contributed by atoms with Crippen LogP contribution in [0.1, 0.15) is 4.88 Å². The van der Waals surface area contributed by atoms with Gasteiger partial charge in [-0.15, -0.1) is 11.3 Å². The average molecular weight is 221 g/mol. The second-order valence-corrected chi connectivity index (χ2v) is 3.58. The molecule has 54 valence electrons. The lowest BCUT2D eigenvalue weighted by molar-refractivity contribution is -0.105. The molecule has 0 saturated carbocycles. The predicted octanol–water partition coefficient (Wildman–Crippen LogP) is 1.78. The zero-order valence-corrected chi connectivity index (χ0v) is 7.62. The Bertz CT molecular complexity index is 228. The third-order valence-electron chi connectivity index (χ3n) is 0.922. The Labute approximate surface area is 70.6 Å². The molecule has 0 aromatic carbocycles. The molecule has 0 fully saturated rings. The third kappa shape index (κ3) is 1.54. The lowest BCUT2D eigenvalue weighted by atomic mass is 10.6. The first-order chi connectivity index (χ1) is 4.74. The molecule has 1 rings (SSSR count). The number of thiazole rings is 1. The molecule has 1 heterocycles. The Hall–Kier alpha value is -0.420. The van der Waals surface area contributed by atoms with E-state index in [-0.39, 0.29) is 0 Å². The summed E-state index contributed by atoms with van der Waals surface area (Å²) in [4.78, 5) is 15.0. The van der Waals surface area contributed by atoms with Crippen molar-refractivity contribution in [1.29, 1.82) is 0 Å². The predicted molar refractivity (Wildman–Crippen MR) is 44.2 cm³/mol. The quantitative estimate of drug-likeness (QED) is 0.773. The van der Waals surface area contributed by atoms with Crippen LogP contribution in [-0.2, 0) is 4.79 Å². The molecule has 0 spiro atoms. The highest BCUT2D eigenvalue weighted by molar-refractivity contribution is 9.10. The molecule has 1 aromatic rings. The van der Waals surface area contributed by atoms with E-state index in [1.165, 1.54) is 11.3 Å². The number of anilines is 1. The number of amides is 1. The molecule has 0 unspecified atom stereocenters. The minimum Gasteiger partial charge on any atom is -0.305 e. The average Bonchev–Trinajstić information content (AvgIpc) is 2.14. The SMILES string of the molecule is Cc1sc(NC=O)nc1Br. The fourth-order valence-electron chi connectivity index (χ4n) is 0.490. The van der Waals surface area contributed by atoms with Gasteiger partial charge in [0.05, 0.1) is 0 Å². The summed E-state index contributed by atoms with van der Waals surface area (Å²) in [5.74, 6) is 0. The van der Waals surface area contributed by atoms with E-state index in [1.54, 1.807) is 0 Å². The van der Waals surface area contributed by atoms with Crippen LogP contribution in [0.25, 0.3) is 0 Å². The van der Waals surface area contributed by atoms with E-state index >= 15 is 0 Å². The molecule has 0 atom stereocenters. The fraction of sp³-hybridized carbons (Fsp3) is 0.200. The number of carbonyl (C=O) groups is 1. The summed E-state index contributed by atoms with van der Waals surface area (Å²) in [5.41, 5.74) is 0. The molecular weight excluding hydrogens is 216 g/mol. The van der Waals surface area contributed by atoms with E-state index in [0.29, 0.717) is 11.5 Å². The van der Waals surface area contributed by atoms with E-state index in [9.17, 15) is 4.79 Å². The van der Waals surface area contributed by atoms with Crippen molar-refractivity contribution < 1.29 is 4.79 Å². The van der Waals surface area contributed by atoms with Gasteiger partial charge in [-0.2, -0.15) is 0 Å². The van der Waals surface area contributed by atoms with Crippen molar-refractivity contribution in [3.05, 3.63) is 9.48 Å². The molecule has 0 aliphatic rings. The van der Waals surface area contributed by atoms with Crippen LogP contribution in [-0.4, -0.2) is 11.4 Å². The molecule has 0 bridgehead atoms. The molecule has 0 saturated heterocycles. The molecule has 3 nitrogen and oxygen atoms in total. The van der Waals surface area contributed by atoms with Crippen molar-refractivity contribution in [2.75, 3.05) is 5.32 Å². The molecule has 1 N–H and O–H groups in total. The first-order valence-electron chi connectivity index (χ1n) is 2.57. The summed E-state index contributed by atoms with van der Waals surface area (Å²) in [6.07, 6.45) is 0.616. The van der Waals surface area contributed by atoms with Gasteiger partial charge in [0.1, 0.15) is 4.60 Å². The fourth-order valence-corrected chi connectivity index (χ4v) is 1.69. The number of aromatic nitrogens is 1. The molecule has 0 radical (unpaired) electrons. The van der Waals surface area contributed by atoms with Crippen LogP contribution in [0, 0.1) is 6.92 Å². The maximum atomic E-state index is 9.94. The van der Waals surface area contributed by atoms with E-state index in [2.05, 4.69) is 26.2 Å². The van der Waals surface area contributed by atoms with Gasteiger partial charge >= 0.3 is 0 Å². The van der Waals surface area contributed by atoms with Crippen molar-refractivity contribution >= 4 is 38.8 Å². The largest absolute Gasteiger partial charge is 0.305 e. The number of hydrogen-bond donors (Lipinski definition) is 1. The van der Waals surface area contributed by atoms with Crippen molar-refractivity contribution in [3.8, 4) is 0 Å². The summed E-state index contributed by atoms with van der Waals surface area (Å²) < 4.78 is 0.793. The lowest BCUT2D eigenvalue weighted by Crippen LogP contribution is -1.91. The van der Waals surface area contributed by atoms with Gasteiger partial charge in [0.15, 0.2) is 5.13 Å². The Balaban J connectivity index is 2.86. The Kier molecular flexibility index (Phi) is 2.39. The minimum absolute atomic E-state index is 0.616. The maximum Gasteiger partial charge on any atom is 0.213 e. The van der Waals surface area contributed by atoms with Gasteiger partial charge in [-0.05, 0) is 22.9 Å². The zero-order valence-electron chi connectivity index (χ0n) is 5.22. The molecule has 0 aliphatic carbocycles. The summed E-state index contributed by atoms with van der Waals surface area (Å²) in [6.45, 7) is 1.93. The van der Waals surface area contributed by atoms with E-state index in [1.807, 2.05) is 6.92 Å². The number of aryl methyl sites for hydroxylation is 1. The number of hydrogen-bond acceptors (Lipinski definition) is 3. The zero-order chi connectivity index (χ0) is 7.56. The van der Waals surface area contributed by atoms with Crippen LogP contribution in [0.2, 0.25) is 0 Å². The number of rotatable bonds is 2. The first kappa shape index (κ1) is 7.68. The first-order valence-corrected chi connectivity index (χ1v) is 4.18. The number of nitrogens with zero attached hydrogens (tertiary/aromatic N) is 1. The van der Waals surface area contributed by atoms with Gasteiger partial charge in [0.25, 0.3) is 0 Å². The smallest absolute Gasteiger partial charge is 0.213 e. The number of carbonyl (C=O) groups excluding carboxylic acids is 1. The Morgan fingerprint density at radius 2 is 2.50 bits per heavy atom. The standard InChI is InChI=1S/C5H5BrN2OS/c1-3-4(6)8-5(10-3)7-2-9/h2H,1H3,(H,7,8,9). The van der Waals surface area contributed by atoms with Crippen LogP contribution in [0.4, 0.5) is 5.13 Å². The van der Waals surface area contributed by atoms with Crippen molar-refractivity contribution in [3.63, 3.8) is 0 Å². The topological polar surface area (TPSA) is 42.0 Å². The third-order valence-corrected chi connectivity index (χ3v) is 2.86. The van der Waals surface area contributed by atoms with Crippen molar-refractivity contribution in [2.24, 2.45) is 0 Å². The summed E-state index contributed by atoms with van der Waals surface area (Å²) >= 11 is 4.67. The molecular formula is C5H5BrN2OS. The van der Waals surface area contributed by atoms with Crippen LogP contribution >= 0.6 is 27.3 Å². The van der Waals surface area contributed by atoms with E-state index in [4.69, 9.17) is 0 Å². The molecule has 1 amide bonds. The summed E-state index contributed by atoms with van der Waals surface area (Å²) in [7, 11) is 0. The number of nitrogens with one attached hydrogen (secondary N) is 1. The highest BCUT2D eigenvalue weighted by atomic mass is 79.9. The van der Waals surface area contributed by atoms with Crippen LogP contribution in [0.3, 0.4) is 0 Å². The minimum atomic E-state index is 0.616. The summed E-state index contributed by atoms with van der Waals surface area (Å²) in [5, 5.41) is 3.09. The van der Waals surface area contributed by atoms with Crippen LogP contribution in [0.15, 0.2) is 4.60 Å². The van der Waals surface area contributed by atoms with Gasteiger partial charge < -0.3 is 5.32 Å². The van der Waals surface area contributed by atoms with Crippen molar-refractivity contribution in [1.82, 2.24) is 4.98 Å². The van der Waals surface area contributed by atoms with Crippen LogP contribution in [0.5, 0.6) is 0 Å². The molecule has 0 aliphatic heterocycles. The molecule has 10 heavy (non-hydrogen) atoms. The van der Waals surface area contributed by atoms with Gasteiger partial charge in [0, 0.05) is 4.88 Å². The van der Waals surface area contributed by atoms with Gasteiger partial charge in [0.2, 0.25) is 6.41 Å². The highest BCUT2D eigenvalue weighted by Crippen LogP contribution is 2.25. The van der Waals surface area contributed by atoms with Gasteiger partial charge in [-0.1, -0.05) is 0 Å². The monoisotopic (exact) mass is 220 g/mol. The van der Waals surface area contributed by atoms with Gasteiger partial charge in [-0.3, -0.25) is 4.79 Å². The second-order valence-electron chi connectivity index (χ2n) is 1.63. The highest BCUT2D eigenvalue weighted by Gasteiger charge is 2.01. The second kappa shape index (κ2) is 3.12. The van der Waals surface area contributed by atoms with Gasteiger partial charge in [-0.25, -0.2) is 4.98 Å². The lowest BCUT2D eigenvalue weighted by Gasteiger charge is -1.83. The summed E-state index contributed by atoms with van der Waals surface area (Å²) in [6, 6.07) is 0. The van der Waals surface area contributed by atoms with E-state index in [0.717, 1.165) is 9.48 Å². The normalized spacial score (nSPS) is 9.40. The van der Waals surface area contributed by atoms with Crippen molar-refractivity contribution in [2.45, 2.75) is 6.92 Å².